The van der Waals surface area contributed by atoms with Gasteiger partial charge >= 0.3 is 11.9 Å². The number of unbranched alkanes of at least 4 members (excludes halogenated alkanes) is 1. The Balaban J connectivity index is 1.54. The van der Waals surface area contributed by atoms with Gasteiger partial charge in [-0.2, -0.15) is 0 Å². The van der Waals surface area contributed by atoms with Crippen molar-refractivity contribution in [1.29, 1.82) is 0 Å². The van der Waals surface area contributed by atoms with E-state index in [1.165, 1.54) is 0 Å². The largest absolute Gasteiger partial charge is 0.508 e. The number of fused-ring (bicyclic) bond motifs is 1. The molecule has 0 saturated carbocycles. The smallest absolute Gasteiger partial charge is 0.338 e. The highest BCUT2D eigenvalue weighted by molar-refractivity contribution is 5.91. The number of rotatable bonds is 8. The molecular formula is C24H22O5. The first kappa shape index (κ1) is 20.1. The Morgan fingerprint density at radius 3 is 2.17 bits per heavy atom. The van der Waals surface area contributed by atoms with E-state index in [0.717, 1.165) is 28.0 Å². The summed E-state index contributed by atoms with van der Waals surface area (Å²) in [5.41, 5.74) is 2.50. The molecule has 5 heteroatoms. The fraction of sp³-hybridized carbons (Fsp3) is 0.167. The number of carbonyl (C=O) groups excluding carboxylic acids is 2. The lowest BCUT2D eigenvalue weighted by Crippen LogP contribution is -2.08. The van der Waals surface area contributed by atoms with Crippen molar-refractivity contribution in [2.24, 2.45) is 0 Å². The summed E-state index contributed by atoms with van der Waals surface area (Å²) in [5, 5.41) is 11.6. The predicted octanol–water partition coefficient (Wildman–Crippen LogP) is 4.88. The second-order valence-corrected chi connectivity index (χ2v) is 6.54. The molecule has 0 amide bonds. The number of phenolic OH excluding ortho intramolecular Hbond substituents is 1. The van der Waals surface area contributed by atoms with Gasteiger partial charge in [-0.25, -0.2) is 9.59 Å². The number of esters is 2. The van der Waals surface area contributed by atoms with Crippen LogP contribution in [0.4, 0.5) is 0 Å². The molecule has 0 atom stereocenters. The molecule has 0 aliphatic heterocycles. The van der Waals surface area contributed by atoms with Crippen LogP contribution in [0.2, 0.25) is 0 Å². The average Bonchev–Trinajstić information content (AvgIpc) is 2.75. The van der Waals surface area contributed by atoms with Crippen molar-refractivity contribution in [2.75, 3.05) is 13.2 Å². The van der Waals surface area contributed by atoms with Crippen molar-refractivity contribution in [3.63, 3.8) is 0 Å². The van der Waals surface area contributed by atoms with Crippen molar-refractivity contribution in [1.82, 2.24) is 0 Å². The van der Waals surface area contributed by atoms with Crippen LogP contribution >= 0.6 is 0 Å². The molecule has 0 radical (unpaired) electrons. The summed E-state index contributed by atoms with van der Waals surface area (Å²) in [6.07, 6.45) is 2.35. The first-order valence-corrected chi connectivity index (χ1v) is 9.36. The molecule has 0 heterocycles. The third-order valence-corrected chi connectivity index (χ3v) is 4.46. The number of hydrogen-bond donors (Lipinski definition) is 1. The van der Waals surface area contributed by atoms with Crippen LogP contribution in [-0.2, 0) is 14.3 Å². The average molecular weight is 390 g/mol. The van der Waals surface area contributed by atoms with Crippen LogP contribution in [-0.4, -0.2) is 30.3 Å². The Kier molecular flexibility index (Phi) is 6.63. The Morgan fingerprint density at radius 1 is 0.828 bits per heavy atom. The molecule has 1 N–H and O–H groups in total. The monoisotopic (exact) mass is 390 g/mol. The number of benzene rings is 3. The molecule has 0 aromatic heterocycles. The van der Waals surface area contributed by atoms with Gasteiger partial charge in [0.2, 0.25) is 0 Å². The fourth-order valence-electron chi connectivity index (χ4n) is 2.90. The minimum absolute atomic E-state index is 0.242. The van der Waals surface area contributed by atoms with Gasteiger partial charge in [-0.15, -0.1) is 0 Å². The summed E-state index contributed by atoms with van der Waals surface area (Å²) < 4.78 is 10.1. The lowest BCUT2D eigenvalue weighted by Gasteiger charge is -2.07. The van der Waals surface area contributed by atoms with Gasteiger partial charge in [-0.05, 0) is 65.1 Å². The van der Waals surface area contributed by atoms with Gasteiger partial charge in [-0.3, -0.25) is 0 Å². The van der Waals surface area contributed by atoms with E-state index in [1.54, 1.807) is 24.3 Å². The van der Waals surface area contributed by atoms with Crippen molar-refractivity contribution >= 4 is 22.7 Å². The summed E-state index contributed by atoms with van der Waals surface area (Å²) >= 11 is 0. The summed E-state index contributed by atoms with van der Waals surface area (Å²) in [7, 11) is 0. The number of hydrogen-bond acceptors (Lipinski definition) is 5. The Morgan fingerprint density at radius 2 is 1.45 bits per heavy atom. The molecule has 0 aliphatic rings. The molecule has 0 bridgehead atoms. The highest BCUT2D eigenvalue weighted by atomic mass is 16.5. The highest BCUT2D eigenvalue weighted by Crippen LogP contribution is 2.27. The summed E-state index contributed by atoms with van der Waals surface area (Å²) in [6.45, 7) is 3.87. The van der Waals surface area contributed by atoms with E-state index in [9.17, 15) is 14.7 Å². The zero-order valence-electron chi connectivity index (χ0n) is 16.0. The molecule has 0 fully saturated rings. The lowest BCUT2D eigenvalue weighted by atomic mass is 10.00. The SMILES string of the molecule is C=CC(=O)OCCCCOC(=O)c1ccc(-c2ccc3cc(O)ccc3c2)cc1. The van der Waals surface area contributed by atoms with Gasteiger partial charge in [0, 0.05) is 6.08 Å². The third kappa shape index (κ3) is 5.45. The molecular weight excluding hydrogens is 368 g/mol. The van der Waals surface area contributed by atoms with Crippen molar-refractivity contribution in [2.45, 2.75) is 12.8 Å². The second-order valence-electron chi connectivity index (χ2n) is 6.54. The molecule has 0 spiro atoms. The van der Waals surface area contributed by atoms with E-state index >= 15 is 0 Å². The zero-order valence-corrected chi connectivity index (χ0v) is 16.0. The minimum Gasteiger partial charge on any atom is -0.508 e. The van der Waals surface area contributed by atoms with Crippen molar-refractivity contribution in [3.05, 3.63) is 78.9 Å². The Hall–Kier alpha value is -3.60. The van der Waals surface area contributed by atoms with Crippen LogP contribution in [0.25, 0.3) is 21.9 Å². The van der Waals surface area contributed by atoms with Crippen molar-refractivity contribution < 1.29 is 24.2 Å². The normalized spacial score (nSPS) is 10.5. The molecule has 5 nitrogen and oxygen atoms in total. The molecule has 148 valence electrons. The molecule has 3 aromatic carbocycles. The van der Waals surface area contributed by atoms with Crippen molar-refractivity contribution in [3.8, 4) is 16.9 Å². The topological polar surface area (TPSA) is 72.8 Å². The van der Waals surface area contributed by atoms with Crippen LogP contribution in [0.1, 0.15) is 23.2 Å². The van der Waals surface area contributed by atoms with Gasteiger partial charge in [0.1, 0.15) is 5.75 Å². The molecule has 3 aromatic rings. The number of aromatic hydroxyl groups is 1. The van der Waals surface area contributed by atoms with E-state index in [1.807, 2.05) is 36.4 Å². The number of ether oxygens (including phenoxy) is 2. The van der Waals surface area contributed by atoms with E-state index in [0.29, 0.717) is 18.4 Å². The maximum atomic E-state index is 12.1. The zero-order chi connectivity index (χ0) is 20.6. The van der Waals surface area contributed by atoms with Crippen LogP contribution < -0.4 is 0 Å². The highest BCUT2D eigenvalue weighted by Gasteiger charge is 2.08. The van der Waals surface area contributed by atoms with Gasteiger partial charge in [0.25, 0.3) is 0 Å². The first-order chi connectivity index (χ1) is 14.1. The van der Waals surface area contributed by atoms with E-state index in [-0.39, 0.29) is 24.9 Å². The predicted molar refractivity (Wildman–Crippen MR) is 112 cm³/mol. The Bertz CT molecular complexity index is 1020. The maximum Gasteiger partial charge on any atom is 0.338 e. The third-order valence-electron chi connectivity index (χ3n) is 4.46. The molecule has 0 saturated heterocycles. The van der Waals surface area contributed by atoms with Crippen LogP contribution in [0.15, 0.2) is 73.3 Å². The van der Waals surface area contributed by atoms with E-state index in [2.05, 4.69) is 6.58 Å². The number of phenols is 1. The number of carbonyl (C=O) groups is 2. The summed E-state index contributed by atoms with van der Waals surface area (Å²) in [6, 6.07) is 18.5. The van der Waals surface area contributed by atoms with Gasteiger partial charge in [0.05, 0.1) is 18.8 Å². The molecule has 0 unspecified atom stereocenters. The summed E-state index contributed by atoms with van der Waals surface area (Å²) in [5.74, 6) is -0.592. The van der Waals surface area contributed by atoms with Crippen LogP contribution in [0.5, 0.6) is 5.75 Å². The second kappa shape index (κ2) is 9.55. The fourth-order valence-corrected chi connectivity index (χ4v) is 2.90. The minimum atomic E-state index is -0.452. The molecule has 3 rings (SSSR count). The van der Waals surface area contributed by atoms with Gasteiger partial charge in [-0.1, -0.05) is 36.9 Å². The lowest BCUT2D eigenvalue weighted by molar-refractivity contribution is -0.137. The summed E-state index contributed by atoms with van der Waals surface area (Å²) in [4.78, 5) is 23.1. The van der Waals surface area contributed by atoms with Crippen LogP contribution in [0.3, 0.4) is 0 Å². The first-order valence-electron chi connectivity index (χ1n) is 9.36. The van der Waals surface area contributed by atoms with Crippen LogP contribution in [0, 0.1) is 0 Å². The molecule has 0 aliphatic carbocycles. The quantitative estimate of drug-likeness (QED) is 0.337. The molecule has 29 heavy (non-hydrogen) atoms. The van der Waals surface area contributed by atoms with E-state index in [4.69, 9.17) is 9.47 Å². The van der Waals surface area contributed by atoms with Gasteiger partial charge in [0.15, 0.2) is 0 Å². The van der Waals surface area contributed by atoms with Gasteiger partial charge < -0.3 is 14.6 Å². The standard InChI is InChI=1S/C24H22O5/c1-2-23(26)28-13-3-4-14-29-24(27)18-7-5-17(6-8-18)19-9-10-21-16-22(25)12-11-20(21)15-19/h2,5-12,15-16,25H,1,3-4,13-14H2. The maximum absolute atomic E-state index is 12.1. The van der Waals surface area contributed by atoms with E-state index < -0.39 is 5.97 Å². The Labute approximate surface area is 169 Å².